The summed E-state index contributed by atoms with van der Waals surface area (Å²) in [6.07, 6.45) is 0. The number of amides is 1. The Morgan fingerprint density at radius 2 is 1.91 bits per heavy atom. The van der Waals surface area contributed by atoms with Gasteiger partial charge in [-0.15, -0.1) is 0 Å². The van der Waals surface area contributed by atoms with Gasteiger partial charge in [0.1, 0.15) is 6.04 Å². The number of rotatable bonds is 8. The van der Waals surface area contributed by atoms with Gasteiger partial charge in [-0.05, 0) is 17.7 Å². The minimum atomic E-state index is -4.36. The molecule has 2 aromatic rings. The first-order chi connectivity index (χ1) is 15.2. The molecule has 0 aromatic heterocycles. The number of piperazine rings is 1. The zero-order valence-electron chi connectivity index (χ0n) is 17.0. The van der Waals surface area contributed by atoms with Crippen LogP contribution in [0.25, 0.3) is 0 Å². The van der Waals surface area contributed by atoms with E-state index in [1.165, 1.54) is 54.5 Å². The van der Waals surface area contributed by atoms with Crippen molar-refractivity contribution in [3.05, 3.63) is 70.3 Å². The van der Waals surface area contributed by atoms with Crippen LogP contribution >= 0.6 is 0 Å². The van der Waals surface area contributed by atoms with Crippen LogP contribution in [-0.2, 0) is 24.3 Å². The van der Waals surface area contributed by atoms with Crippen molar-refractivity contribution < 1.29 is 32.8 Å². The first kappa shape index (κ1) is 23.3. The second-order valence-electron chi connectivity index (χ2n) is 7.02. The van der Waals surface area contributed by atoms with E-state index in [-0.39, 0.29) is 29.3 Å². The van der Waals surface area contributed by atoms with Crippen molar-refractivity contribution in [2.24, 2.45) is 0 Å². The number of aliphatic carboxylic acids is 1. The normalized spacial score (nSPS) is 19.7. The van der Waals surface area contributed by atoms with E-state index in [9.17, 15) is 33.2 Å². The number of hydrogen-bond acceptors (Lipinski definition) is 7. The minimum absolute atomic E-state index is 0.0221. The molecule has 2 atom stereocenters. The fourth-order valence-corrected chi connectivity index (χ4v) is 5.22. The Morgan fingerprint density at radius 3 is 2.50 bits per heavy atom. The van der Waals surface area contributed by atoms with Gasteiger partial charge in [0.2, 0.25) is 15.9 Å². The highest BCUT2D eigenvalue weighted by atomic mass is 32.2. The Kier molecular flexibility index (Phi) is 6.87. The SMILES string of the molecule is COCCN1C(=O)CN(S(=O)(=O)c2ccccc2)C(C(=O)O)C1c1cccc([N+](=O)[O-])c1. The average molecular weight is 463 g/mol. The number of hydrogen-bond donors (Lipinski definition) is 1. The van der Waals surface area contributed by atoms with Gasteiger partial charge in [0.25, 0.3) is 5.69 Å². The van der Waals surface area contributed by atoms with Crippen LogP contribution in [0, 0.1) is 10.1 Å². The minimum Gasteiger partial charge on any atom is -0.480 e. The van der Waals surface area contributed by atoms with Crippen LogP contribution in [0.15, 0.2) is 59.5 Å². The smallest absolute Gasteiger partial charge is 0.324 e. The number of nitro benzene ring substituents is 1. The van der Waals surface area contributed by atoms with Crippen molar-refractivity contribution in [1.82, 2.24) is 9.21 Å². The maximum absolute atomic E-state index is 13.3. The van der Waals surface area contributed by atoms with Gasteiger partial charge in [-0.1, -0.05) is 30.3 Å². The summed E-state index contributed by atoms with van der Waals surface area (Å²) < 4.78 is 32.2. The van der Waals surface area contributed by atoms with Gasteiger partial charge in [-0.3, -0.25) is 19.7 Å². The lowest BCUT2D eigenvalue weighted by Gasteiger charge is -2.44. The number of carbonyl (C=O) groups is 2. The lowest BCUT2D eigenvalue weighted by atomic mass is 9.94. The van der Waals surface area contributed by atoms with Crippen LogP contribution in [0.1, 0.15) is 11.6 Å². The van der Waals surface area contributed by atoms with Crippen LogP contribution in [0.4, 0.5) is 5.69 Å². The van der Waals surface area contributed by atoms with Crippen molar-refractivity contribution in [2.75, 3.05) is 26.8 Å². The molecule has 0 spiro atoms. The number of carboxylic acids is 1. The summed E-state index contributed by atoms with van der Waals surface area (Å²) in [6.45, 7) is -0.649. The number of methoxy groups -OCH3 is 1. The largest absolute Gasteiger partial charge is 0.480 e. The number of benzene rings is 2. The molecule has 32 heavy (non-hydrogen) atoms. The Balaban J connectivity index is 2.17. The van der Waals surface area contributed by atoms with Gasteiger partial charge < -0.3 is 14.7 Å². The summed E-state index contributed by atoms with van der Waals surface area (Å²) in [5.41, 5.74) is -0.183. The predicted molar refractivity (Wildman–Crippen MR) is 111 cm³/mol. The van der Waals surface area contributed by atoms with Gasteiger partial charge in [0.05, 0.1) is 29.0 Å². The van der Waals surface area contributed by atoms with Gasteiger partial charge in [-0.2, -0.15) is 4.31 Å². The van der Waals surface area contributed by atoms with E-state index in [0.29, 0.717) is 4.31 Å². The molecular weight excluding hydrogens is 442 g/mol. The number of nitro groups is 1. The molecule has 3 rings (SSSR count). The summed E-state index contributed by atoms with van der Waals surface area (Å²) in [4.78, 5) is 37.0. The summed E-state index contributed by atoms with van der Waals surface area (Å²) in [5.74, 6) is -2.13. The third-order valence-electron chi connectivity index (χ3n) is 5.12. The molecule has 1 heterocycles. The van der Waals surface area contributed by atoms with Crippen LogP contribution in [0.2, 0.25) is 0 Å². The van der Waals surface area contributed by atoms with E-state index < -0.39 is 45.5 Å². The molecule has 0 aliphatic carbocycles. The summed E-state index contributed by atoms with van der Waals surface area (Å²) in [6, 6.07) is 9.32. The van der Waals surface area contributed by atoms with Crippen molar-refractivity contribution in [1.29, 1.82) is 0 Å². The molecule has 1 saturated heterocycles. The van der Waals surface area contributed by atoms with E-state index in [4.69, 9.17) is 4.74 Å². The highest BCUT2D eigenvalue weighted by molar-refractivity contribution is 7.89. The Hall–Kier alpha value is -3.35. The fraction of sp³-hybridized carbons (Fsp3) is 0.300. The Bertz CT molecular complexity index is 1120. The first-order valence-corrected chi connectivity index (χ1v) is 10.9. The highest BCUT2D eigenvalue weighted by Gasteiger charge is 2.50. The molecule has 0 radical (unpaired) electrons. The second-order valence-corrected chi connectivity index (χ2v) is 8.91. The van der Waals surface area contributed by atoms with E-state index in [1.54, 1.807) is 6.07 Å². The fourth-order valence-electron chi connectivity index (χ4n) is 3.66. The molecular formula is C20H21N3O8S. The van der Waals surface area contributed by atoms with E-state index in [2.05, 4.69) is 0 Å². The second kappa shape index (κ2) is 9.42. The maximum Gasteiger partial charge on any atom is 0.324 e. The van der Waals surface area contributed by atoms with Crippen molar-refractivity contribution in [3.63, 3.8) is 0 Å². The predicted octanol–water partition coefficient (Wildman–Crippen LogP) is 1.27. The molecule has 1 aliphatic heterocycles. The highest BCUT2D eigenvalue weighted by Crippen LogP contribution is 2.36. The molecule has 1 aliphatic rings. The van der Waals surface area contributed by atoms with Crippen molar-refractivity contribution in [3.8, 4) is 0 Å². The third kappa shape index (κ3) is 4.47. The van der Waals surface area contributed by atoms with Crippen LogP contribution in [-0.4, -0.2) is 72.4 Å². The number of carbonyl (C=O) groups excluding carboxylic acids is 1. The summed E-state index contributed by atoms with van der Waals surface area (Å²) >= 11 is 0. The van der Waals surface area contributed by atoms with Crippen LogP contribution in [0.3, 0.4) is 0 Å². The molecule has 0 bridgehead atoms. The molecule has 2 unspecified atom stereocenters. The molecule has 2 aromatic carbocycles. The Morgan fingerprint density at radius 1 is 1.22 bits per heavy atom. The van der Waals surface area contributed by atoms with Crippen LogP contribution < -0.4 is 0 Å². The first-order valence-electron chi connectivity index (χ1n) is 9.51. The lowest BCUT2D eigenvalue weighted by Crippen LogP contribution is -2.62. The van der Waals surface area contributed by atoms with E-state index in [1.807, 2.05) is 0 Å². The Labute approximate surface area is 184 Å². The van der Waals surface area contributed by atoms with Crippen molar-refractivity contribution >= 4 is 27.6 Å². The van der Waals surface area contributed by atoms with Gasteiger partial charge in [0.15, 0.2) is 0 Å². The standard InChI is InChI=1S/C20H21N3O8S/c1-31-11-10-21-17(24)13-22(32(29,30)16-8-3-2-4-9-16)19(20(25)26)18(21)14-6-5-7-15(12-14)23(27)28/h2-9,12,18-19H,10-11,13H2,1H3,(H,25,26). The zero-order valence-corrected chi connectivity index (χ0v) is 17.8. The number of ether oxygens (including phenoxy) is 1. The maximum atomic E-state index is 13.3. The number of carboxylic acid groups (broad SMARTS) is 1. The third-order valence-corrected chi connectivity index (χ3v) is 6.96. The average Bonchev–Trinajstić information content (AvgIpc) is 2.78. The molecule has 1 N–H and O–H groups in total. The molecule has 1 amide bonds. The van der Waals surface area contributed by atoms with Gasteiger partial charge in [-0.25, -0.2) is 8.42 Å². The summed E-state index contributed by atoms with van der Waals surface area (Å²) in [7, 11) is -2.96. The number of sulfonamides is 1. The molecule has 0 saturated carbocycles. The zero-order chi connectivity index (χ0) is 23.5. The molecule has 12 heteroatoms. The molecule has 1 fully saturated rings. The summed E-state index contributed by atoms with van der Waals surface area (Å²) in [5, 5.41) is 21.3. The number of nitrogens with zero attached hydrogens (tertiary/aromatic N) is 3. The van der Waals surface area contributed by atoms with Gasteiger partial charge in [0, 0.05) is 25.8 Å². The van der Waals surface area contributed by atoms with E-state index in [0.717, 1.165) is 6.07 Å². The molecule has 170 valence electrons. The van der Waals surface area contributed by atoms with Crippen molar-refractivity contribution in [2.45, 2.75) is 17.0 Å². The quantitative estimate of drug-likeness (QED) is 0.455. The molecule has 11 nitrogen and oxygen atoms in total. The topological polar surface area (TPSA) is 147 Å². The van der Waals surface area contributed by atoms with Crippen LogP contribution in [0.5, 0.6) is 0 Å². The lowest BCUT2D eigenvalue weighted by molar-refractivity contribution is -0.385. The number of non-ortho nitro benzene ring substituents is 1. The van der Waals surface area contributed by atoms with Gasteiger partial charge >= 0.3 is 5.97 Å². The monoisotopic (exact) mass is 463 g/mol. The van der Waals surface area contributed by atoms with E-state index >= 15 is 0 Å².